The summed E-state index contributed by atoms with van der Waals surface area (Å²) in [6.07, 6.45) is 3.04. The Bertz CT molecular complexity index is 752. The van der Waals surface area contributed by atoms with Gasteiger partial charge >= 0.3 is 0 Å². The average Bonchev–Trinajstić information content (AvgIpc) is 3.14. The molecule has 148 valence electrons. The van der Waals surface area contributed by atoms with E-state index in [-0.39, 0.29) is 5.56 Å². The maximum absolute atomic E-state index is 11.9. The van der Waals surface area contributed by atoms with Gasteiger partial charge in [-0.3, -0.25) is 9.79 Å². The van der Waals surface area contributed by atoms with Gasteiger partial charge in [0, 0.05) is 42.8 Å². The Kier molecular flexibility index (Phi) is 9.11. The van der Waals surface area contributed by atoms with E-state index in [0.29, 0.717) is 5.92 Å². The van der Waals surface area contributed by atoms with Gasteiger partial charge in [0.25, 0.3) is 5.56 Å². The normalized spacial score (nSPS) is 12.8. The number of hydrogen-bond acceptors (Lipinski definition) is 3. The molecule has 2 rings (SSSR count). The fourth-order valence-corrected chi connectivity index (χ4v) is 3.81. The Balaban J connectivity index is 1.72. The van der Waals surface area contributed by atoms with Crippen molar-refractivity contribution < 1.29 is 0 Å². The number of nitrogens with zero attached hydrogens (tertiary/aromatic N) is 2. The molecule has 1 unspecified atom stereocenters. The second kappa shape index (κ2) is 11.6. The van der Waals surface area contributed by atoms with Crippen molar-refractivity contribution >= 4 is 17.3 Å². The van der Waals surface area contributed by atoms with Crippen LogP contribution in [0.3, 0.4) is 0 Å². The van der Waals surface area contributed by atoms with Crippen LogP contribution in [0.2, 0.25) is 0 Å². The number of unbranched alkanes of at least 4 members (excludes halogenated alkanes) is 1. The topological polar surface area (TPSA) is 58.4 Å². The Morgan fingerprint density at radius 3 is 2.78 bits per heavy atom. The van der Waals surface area contributed by atoms with E-state index in [2.05, 4.69) is 42.0 Å². The second-order valence-electron chi connectivity index (χ2n) is 6.90. The minimum Gasteiger partial charge on any atom is -0.357 e. The van der Waals surface area contributed by atoms with Crippen molar-refractivity contribution in [2.24, 2.45) is 10.9 Å². The Labute approximate surface area is 166 Å². The molecule has 0 aromatic carbocycles. The first-order valence-corrected chi connectivity index (χ1v) is 10.7. The van der Waals surface area contributed by atoms with Crippen molar-refractivity contribution in [2.75, 3.05) is 19.6 Å². The lowest BCUT2D eigenvalue weighted by molar-refractivity contribution is 0.571. The van der Waals surface area contributed by atoms with E-state index >= 15 is 0 Å². The lowest BCUT2D eigenvalue weighted by Gasteiger charge is -2.14. The Hall–Kier alpha value is -2.08. The number of aryl methyl sites for hydroxylation is 1. The largest absolute Gasteiger partial charge is 0.357 e. The van der Waals surface area contributed by atoms with Gasteiger partial charge in [0.1, 0.15) is 0 Å². The van der Waals surface area contributed by atoms with Gasteiger partial charge in [-0.1, -0.05) is 19.1 Å². The zero-order chi connectivity index (χ0) is 19.5. The molecule has 5 nitrogen and oxygen atoms in total. The first-order valence-electron chi connectivity index (χ1n) is 9.81. The molecule has 6 heteroatoms. The lowest BCUT2D eigenvalue weighted by atomic mass is 10.1. The molecule has 27 heavy (non-hydrogen) atoms. The molecule has 2 heterocycles. The number of hydrogen-bond donors (Lipinski definition) is 2. The molecule has 0 aliphatic rings. The van der Waals surface area contributed by atoms with Gasteiger partial charge in [0.05, 0.1) is 0 Å². The molecule has 1 atom stereocenters. The third-order valence-corrected chi connectivity index (χ3v) is 5.30. The summed E-state index contributed by atoms with van der Waals surface area (Å²) in [7, 11) is 0. The standard InChI is InChI=1S/C21H32N4OS/c1-4-22-21(24-16-17(2)15-19-10-8-14-27-19)23-12-5-6-13-25-18(3)9-7-11-20(25)26/h7-11,14,17H,4-6,12-13,15-16H2,1-3H3,(H2,22,23,24). The molecule has 0 aliphatic carbocycles. The van der Waals surface area contributed by atoms with E-state index in [1.54, 1.807) is 6.07 Å². The van der Waals surface area contributed by atoms with E-state index in [0.717, 1.165) is 57.1 Å². The number of pyridine rings is 1. The van der Waals surface area contributed by atoms with Gasteiger partial charge in [0.2, 0.25) is 0 Å². The molecule has 0 aliphatic heterocycles. The quantitative estimate of drug-likeness (QED) is 0.372. The van der Waals surface area contributed by atoms with Crippen LogP contribution >= 0.6 is 11.3 Å². The van der Waals surface area contributed by atoms with Crippen LogP contribution in [0.25, 0.3) is 0 Å². The summed E-state index contributed by atoms with van der Waals surface area (Å²) in [4.78, 5) is 18.0. The van der Waals surface area contributed by atoms with Crippen molar-refractivity contribution in [1.82, 2.24) is 15.2 Å². The predicted octanol–water partition coefficient (Wildman–Crippen LogP) is 3.43. The minimum atomic E-state index is 0.0811. The second-order valence-corrected chi connectivity index (χ2v) is 7.93. The van der Waals surface area contributed by atoms with E-state index in [9.17, 15) is 4.79 Å². The smallest absolute Gasteiger partial charge is 0.250 e. The van der Waals surface area contributed by atoms with Crippen LogP contribution < -0.4 is 16.2 Å². The summed E-state index contributed by atoms with van der Waals surface area (Å²) < 4.78 is 1.84. The van der Waals surface area contributed by atoms with Gasteiger partial charge in [-0.05, 0) is 56.5 Å². The van der Waals surface area contributed by atoms with Crippen molar-refractivity contribution in [3.63, 3.8) is 0 Å². The molecule has 0 spiro atoms. The van der Waals surface area contributed by atoms with Crippen molar-refractivity contribution in [3.8, 4) is 0 Å². The first-order chi connectivity index (χ1) is 13.1. The molecule has 0 saturated carbocycles. The predicted molar refractivity (Wildman–Crippen MR) is 116 cm³/mol. The van der Waals surface area contributed by atoms with Crippen LogP contribution in [0, 0.1) is 12.8 Å². The minimum absolute atomic E-state index is 0.0811. The average molecular weight is 389 g/mol. The highest BCUT2D eigenvalue weighted by Gasteiger charge is 2.05. The van der Waals surface area contributed by atoms with Crippen LogP contribution in [-0.4, -0.2) is 30.2 Å². The summed E-state index contributed by atoms with van der Waals surface area (Å²) in [6.45, 7) is 9.58. The first kappa shape index (κ1) is 21.2. The monoisotopic (exact) mass is 388 g/mol. The van der Waals surface area contributed by atoms with Gasteiger partial charge < -0.3 is 15.2 Å². The van der Waals surface area contributed by atoms with Crippen molar-refractivity contribution in [3.05, 3.63) is 56.6 Å². The summed E-state index contributed by atoms with van der Waals surface area (Å²) >= 11 is 1.81. The fourth-order valence-electron chi connectivity index (χ4n) is 2.94. The Morgan fingerprint density at radius 1 is 1.22 bits per heavy atom. The Morgan fingerprint density at radius 2 is 2.07 bits per heavy atom. The summed E-state index contributed by atoms with van der Waals surface area (Å²) in [5.74, 6) is 1.40. The molecule has 2 aromatic heterocycles. The fraction of sp³-hybridized carbons (Fsp3) is 0.524. The number of guanidine groups is 1. The zero-order valence-corrected chi connectivity index (χ0v) is 17.5. The molecule has 0 bridgehead atoms. The molecule has 0 amide bonds. The highest BCUT2D eigenvalue weighted by Crippen LogP contribution is 2.14. The van der Waals surface area contributed by atoms with Crippen LogP contribution in [0.1, 0.15) is 37.3 Å². The third kappa shape index (κ3) is 7.59. The highest BCUT2D eigenvalue weighted by molar-refractivity contribution is 7.09. The number of nitrogens with one attached hydrogen (secondary N) is 2. The van der Waals surface area contributed by atoms with Crippen LogP contribution in [0.15, 0.2) is 45.5 Å². The highest BCUT2D eigenvalue weighted by atomic mass is 32.1. The summed E-state index contributed by atoms with van der Waals surface area (Å²) in [5.41, 5.74) is 1.10. The van der Waals surface area contributed by atoms with E-state index in [1.807, 2.05) is 35.0 Å². The number of rotatable bonds is 10. The third-order valence-electron chi connectivity index (χ3n) is 4.40. The number of aromatic nitrogens is 1. The van der Waals surface area contributed by atoms with Gasteiger partial charge in [-0.25, -0.2) is 0 Å². The molecule has 0 radical (unpaired) electrons. The van der Waals surface area contributed by atoms with E-state index in [1.165, 1.54) is 4.88 Å². The van der Waals surface area contributed by atoms with Gasteiger partial charge in [-0.2, -0.15) is 0 Å². The van der Waals surface area contributed by atoms with Crippen LogP contribution in [0.5, 0.6) is 0 Å². The zero-order valence-electron chi connectivity index (χ0n) is 16.7. The molecular formula is C21H32N4OS. The van der Waals surface area contributed by atoms with Gasteiger partial charge in [-0.15, -0.1) is 11.3 Å². The van der Waals surface area contributed by atoms with Crippen molar-refractivity contribution in [2.45, 2.75) is 46.6 Å². The molecule has 2 N–H and O–H groups in total. The van der Waals surface area contributed by atoms with Gasteiger partial charge in [0.15, 0.2) is 5.96 Å². The molecular weight excluding hydrogens is 356 g/mol. The van der Waals surface area contributed by atoms with E-state index < -0.39 is 0 Å². The maximum Gasteiger partial charge on any atom is 0.250 e. The maximum atomic E-state index is 11.9. The van der Waals surface area contributed by atoms with Crippen LogP contribution in [-0.2, 0) is 13.0 Å². The lowest BCUT2D eigenvalue weighted by Crippen LogP contribution is -2.38. The van der Waals surface area contributed by atoms with Crippen LogP contribution in [0.4, 0.5) is 0 Å². The molecule has 0 fully saturated rings. The summed E-state index contributed by atoms with van der Waals surface area (Å²) in [6, 6.07) is 9.71. The molecule has 0 saturated heterocycles. The summed E-state index contributed by atoms with van der Waals surface area (Å²) in [5, 5.41) is 8.84. The SMILES string of the molecule is CCNC(=NCC(C)Cc1cccs1)NCCCCn1c(C)cccc1=O. The molecule has 2 aromatic rings. The van der Waals surface area contributed by atoms with Crippen molar-refractivity contribution in [1.29, 1.82) is 0 Å². The number of thiophene rings is 1. The van der Waals surface area contributed by atoms with E-state index in [4.69, 9.17) is 4.99 Å². The number of aliphatic imine (C=N–C) groups is 1.